The molecule has 0 bridgehead atoms. The van der Waals surface area contributed by atoms with E-state index in [0.29, 0.717) is 30.2 Å². The number of nitrogens with one attached hydrogen (secondary N) is 1. The minimum Gasteiger partial charge on any atom is -0.465 e. The highest BCUT2D eigenvalue weighted by Gasteiger charge is 2.29. The number of rotatable bonds is 6. The van der Waals surface area contributed by atoms with Crippen LogP contribution in [0.3, 0.4) is 0 Å². The summed E-state index contributed by atoms with van der Waals surface area (Å²) in [5.74, 6) is -0.826. The second-order valence-electron chi connectivity index (χ2n) is 7.75. The first-order chi connectivity index (χ1) is 15.5. The minimum atomic E-state index is -0.498. The number of carbonyl (C=O) groups excluding carboxylic acids is 2. The topological polar surface area (TPSA) is 69.6 Å². The fourth-order valence-corrected chi connectivity index (χ4v) is 4.57. The molecule has 1 N–H and O–H groups in total. The molecule has 168 valence electrons. The Hall–Kier alpha value is -3.06. The fourth-order valence-electron chi connectivity index (χ4n) is 4.26. The summed E-state index contributed by atoms with van der Waals surface area (Å²) in [5.41, 5.74) is 3.31. The van der Waals surface area contributed by atoms with E-state index in [9.17, 15) is 14.0 Å². The van der Waals surface area contributed by atoms with E-state index in [1.807, 2.05) is 34.9 Å². The molecule has 0 aliphatic heterocycles. The second-order valence-corrected chi connectivity index (χ2v) is 8.15. The van der Waals surface area contributed by atoms with Crippen molar-refractivity contribution in [2.24, 2.45) is 0 Å². The van der Waals surface area contributed by atoms with Gasteiger partial charge in [0.05, 0.1) is 17.1 Å². The molecule has 1 aromatic heterocycles. The molecule has 1 amide bonds. The molecule has 8 heteroatoms. The van der Waals surface area contributed by atoms with Gasteiger partial charge in [-0.1, -0.05) is 41.9 Å². The van der Waals surface area contributed by atoms with Gasteiger partial charge in [0, 0.05) is 17.1 Å². The number of esters is 1. The van der Waals surface area contributed by atoms with Crippen LogP contribution in [0.2, 0.25) is 5.02 Å². The maximum atomic E-state index is 14.2. The number of aromatic nitrogens is 1. The Bertz CT molecular complexity index is 1150. The third kappa shape index (κ3) is 4.72. The van der Waals surface area contributed by atoms with E-state index in [-0.39, 0.29) is 36.8 Å². The van der Waals surface area contributed by atoms with Gasteiger partial charge in [0.15, 0.2) is 0 Å². The van der Waals surface area contributed by atoms with Gasteiger partial charge in [0.1, 0.15) is 19.0 Å². The average molecular weight is 459 g/mol. The van der Waals surface area contributed by atoms with E-state index in [4.69, 9.17) is 21.1 Å². The van der Waals surface area contributed by atoms with E-state index >= 15 is 0 Å². The lowest BCUT2D eigenvalue weighted by Gasteiger charge is -2.24. The van der Waals surface area contributed by atoms with Crippen molar-refractivity contribution >= 4 is 34.6 Å². The Labute approximate surface area is 190 Å². The molecule has 0 spiro atoms. The molecule has 1 atom stereocenters. The summed E-state index contributed by atoms with van der Waals surface area (Å²) < 4.78 is 26.4. The maximum Gasteiger partial charge on any atom is 0.407 e. The normalized spacial score (nSPS) is 15.3. The summed E-state index contributed by atoms with van der Waals surface area (Å²) in [5, 5.41) is 3.80. The highest BCUT2D eigenvalue weighted by atomic mass is 35.5. The number of hydrogen-bond donors (Lipinski definition) is 1. The van der Waals surface area contributed by atoms with Crippen LogP contribution in [0.15, 0.2) is 42.5 Å². The zero-order valence-electron chi connectivity index (χ0n) is 17.7. The average Bonchev–Trinajstić information content (AvgIpc) is 3.06. The third-order valence-corrected chi connectivity index (χ3v) is 5.89. The van der Waals surface area contributed by atoms with E-state index in [1.165, 1.54) is 12.1 Å². The minimum absolute atomic E-state index is 0.00222. The van der Waals surface area contributed by atoms with Crippen LogP contribution in [0.1, 0.15) is 30.2 Å². The molecule has 1 heterocycles. The Kier molecular flexibility index (Phi) is 6.65. The van der Waals surface area contributed by atoms with Gasteiger partial charge in [0.2, 0.25) is 0 Å². The summed E-state index contributed by atoms with van der Waals surface area (Å²) in [7, 11) is 0. The lowest BCUT2D eigenvalue weighted by atomic mass is 9.91. The first-order valence-electron chi connectivity index (χ1n) is 10.6. The first-order valence-corrected chi connectivity index (χ1v) is 11.0. The predicted molar refractivity (Wildman–Crippen MR) is 119 cm³/mol. The molecule has 2 aromatic carbocycles. The highest BCUT2D eigenvalue weighted by molar-refractivity contribution is 6.35. The molecule has 0 radical (unpaired) electrons. The van der Waals surface area contributed by atoms with Gasteiger partial charge < -0.3 is 19.4 Å². The number of carbonyl (C=O) groups is 2. The van der Waals surface area contributed by atoms with Crippen molar-refractivity contribution < 1.29 is 23.5 Å². The van der Waals surface area contributed by atoms with E-state index < -0.39 is 11.9 Å². The van der Waals surface area contributed by atoms with Gasteiger partial charge >= 0.3 is 12.1 Å². The number of nitrogens with zero attached hydrogens (tertiary/aromatic N) is 1. The van der Waals surface area contributed by atoms with Gasteiger partial charge in [0.25, 0.3) is 0 Å². The SMILES string of the molecule is CCOC(=O)Cn1c2c(c3cc(F)cc(Cl)c31)CC(NC(=O)OCc1ccccc1)CC2. The van der Waals surface area contributed by atoms with Crippen molar-refractivity contribution in [3.63, 3.8) is 0 Å². The molecule has 4 rings (SSSR count). The number of ether oxygens (including phenoxy) is 2. The third-order valence-electron chi connectivity index (χ3n) is 5.60. The van der Waals surface area contributed by atoms with Gasteiger partial charge in [-0.05, 0) is 49.4 Å². The van der Waals surface area contributed by atoms with Crippen LogP contribution in [-0.2, 0) is 40.3 Å². The Balaban J connectivity index is 1.54. The number of hydrogen-bond acceptors (Lipinski definition) is 4. The number of benzene rings is 2. The number of alkyl carbamates (subject to hydrolysis) is 1. The zero-order valence-corrected chi connectivity index (χ0v) is 18.5. The van der Waals surface area contributed by atoms with E-state index in [2.05, 4.69) is 5.32 Å². The summed E-state index contributed by atoms with van der Waals surface area (Å²) in [6.07, 6.45) is 1.25. The molecule has 1 aliphatic carbocycles. The number of fused-ring (bicyclic) bond motifs is 3. The quantitative estimate of drug-likeness (QED) is 0.540. The molecule has 6 nitrogen and oxygen atoms in total. The number of amides is 1. The fraction of sp³-hybridized carbons (Fsp3) is 0.333. The van der Waals surface area contributed by atoms with Crippen molar-refractivity contribution in [2.45, 2.75) is 45.4 Å². The lowest BCUT2D eigenvalue weighted by molar-refractivity contribution is -0.143. The molecule has 3 aromatic rings. The van der Waals surface area contributed by atoms with Gasteiger partial charge in [-0.15, -0.1) is 0 Å². The molecule has 1 unspecified atom stereocenters. The molecular weight excluding hydrogens is 435 g/mol. The molecular formula is C24H24ClFN2O4. The smallest absolute Gasteiger partial charge is 0.407 e. The molecule has 32 heavy (non-hydrogen) atoms. The highest BCUT2D eigenvalue weighted by Crippen LogP contribution is 2.36. The second kappa shape index (κ2) is 9.61. The Morgan fingerprint density at radius 1 is 1.22 bits per heavy atom. The predicted octanol–water partition coefficient (Wildman–Crippen LogP) is 4.78. The van der Waals surface area contributed by atoms with Crippen molar-refractivity contribution in [1.29, 1.82) is 0 Å². The molecule has 0 saturated carbocycles. The van der Waals surface area contributed by atoms with Crippen molar-refractivity contribution in [1.82, 2.24) is 9.88 Å². The van der Waals surface area contributed by atoms with Crippen LogP contribution in [-0.4, -0.2) is 29.3 Å². The van der Waals surface area contributed by atoms with Gasteiger partial charge in [-0.3, -0.25) is 4.79 Å². The van der Waals surface area contributed by atoms with Crippen molar-refractivity contribution in [3.8, 4) is 0 Å². The van der Waals surface area contributed by atoms with Crippen molar-refractivity contribution in [3.05, 3.63) is 70.1 Å². The summed E-state index contributed by atoms with van der Waals surface area (Å²) in [4.78, 5) is 24.5. The van der Waals surface area contributed by atoms with Crippen LogP contribution in [0, 0.1) is 5.82 Å². The van der Waals surface area contributed by atoms with Crippen LogP contribution < -0.4 is 5.32 Å². The number of halogens is 2. The van der Waals surface area contributed by atoms with E-state index in [1.54, 1.807) is 6.92 Å². The van der Waals surface area contributed by atoms with Gasteiger partial charge in [-0.25, -0.2) is 9.18 Å². The molecule has 0 fully saturated rings. The summed E-state index contributed by atoms with van der Waals surface area (Å²) >= 11 is 6.37. The molecule has 0 saturated heterocycles. The van der Waals surface area contributed by atoms with Crippen LogP contribution >= 0.6 is 11.6 Å². The Morgan fingerprint density at radius 2 is 2.00 bits per heavy atom. The molecule has 1 aliphatic rings. The summed E-state index contributed by atoms with van der Waals surface area (Å²) in [6, 6.07) is 11.9. The van der Waals surface area contributed by atoms with E-state index in [0.717, 1.165) is 16.8 Å². The van der Waals surface area contributed by atoms with Gasteiger partial charge in [-0.2, -0.15) is 0 Å². The Morgan fingerprint density at radius 3 is 2.75 bits per heavy atom. The van der Waals surface area contributed by atoms with Crippen LogP contribution in [0.5, 0.6) is 0 Å². The van der Waals surface area contributed by atoms with Crippen LogP contribution in [0.25, 0.3) is 10.9 Å². The lowest BCUT2D eigenvalue weighted by Crippen LogP contribution is -2.39. The van der Waals surface area contributed by atoms with Crippen molar-refractivity contribution in [2.75, 3.05) is 6.61 Å². The monoisotopic (exact) mass is 458 g/mol. The first kappa shape index (κ1) is 22.1. The largest absolute Gasteiger partial charge is 0.465 e. The van der Waals surface area contributed by atoms with Crippen LogP contribution in [0.4, 0.5) is 9.18 Å². The maximum absolute atomic E-state index is 14.2. The summed E-state index contributed by atoms with van der Waals surface area (Å²) in [6.45, 7) is 2.21. The zero-order chi connectivity index (χ0) is 22.7. The standard InChI is InChI=1S/C24H24ClFN2O4/c1-2-31-22(29)13-28-21-9-8-17(27-24(30)32-14-15-6-4-3-5-7-15)12-18(21)19-10-16(26)11-20(25)23(19)28/h3-7,10-11,17H,2,8-9,12-14H2,1H3,(H,27,30).